The topological polar surface area (TPSA) is 92.4 Å². The maximum atomic E-state index is 11.3. The van der Waals surface area contributed by atoms with Crippen molar-refractivity contribution in [2.45, 2.75) is 25.9 Å². The molecule has 0 aliphatic heterocycles. The van der Waals surface area contributed by atoms with E-state index >= 15 is 0 Å². The molecule has 4 N–H and O–H groups in total. The fraction of sp³-hybridized carbons (Fsp3) is 0.286. The Morgan fingerprint density at radius 3 is 2.75 bits per heavy atom. The Hall–Kier alpha value is -1.92. The molecule has 1 amide bonds. The molecule has 1 aromatic heterocycles. The fourth-order valence-corrected chi connectivity index (χ4v) is 3.16. The number of benzene rings is 1. The molecule has 1 heterocycles. The van der Waals surface area contributed by atoms with Gasteiger partial charge in [0.2, 0.25) is 5.91 Å². The van der Waals surface area contributed by atoms with Crippen molar-refractivity contribution in [3.05, 3.63) is 34.7 Å². The summed E-state index contributed by atoms with van der Waals surface area (Å²) in [5.74, 6) is -1.30. The smallest absolute Gasteiger partial charge is 0.346 e. The molecule has 106 valence electrons. The Kier molecular flexibility index (Phi) is 4.36. The Balaban J connectivity index is 2.25. The van der Waals surface area contributed by atoms with E-state index in [4.69, 9.17) is 5.73 Å². The third kappa shape index (κ3) is 3.15. The van der Waals surface area contributed by atoms with Gasteiger partial charge >= 0.3 is 5.97 Å². The molecule has 0 radical (unpaired) electrons. The van der Waals surface area contributed by atoms with Crippen molar-refractivity contribution >= 4 is 33.3 Å². The van der Waals surface area contributed by atoms with Crippen LogP contribution in [0.15, 0.2) is 24.3 Å². The number of aromatic carboxylic acids is 1. The Morgan fingerprint density at radius 1 is 1.40 bits per heavy atom. The van der Waals surface area contributed by atoms with Crippen molar-refractivity contribution in [2.24, 2.45) is 5.73 Å². The molecule has 0 fully saturated rings. The number of fused-ring (bicyclic) bond motifs is 1. The van der Waals surface area contributed by atoms with Crippen LogP contribution >= 0.6 is 11.3 Å². The molecule has 20 heavy (non-hydrogen) atoms. The number of carboxylic acid groups (broad SMARTS) is 1. The quantitative estimate of drug-likeness (QED) is 0.758. The predicted octanol–water partition coefficient (Wildman–Crippen LogP) is 1.95. The highest BCUT2D eigenvalue weighted by atomic mass is 32.1. The lowest BCUT2D eigenvalue weighted by molar-refractivity contribution is -0.118. The van der Waals surface area contributed by atoms with Gasteiger partial charge in [0.25, 0.3) is 0 Å². The van der Waals surface area contributed by atoms with Crippen molar-refractivity contribution in [3.63, 3.8) is 0 Å². The van der Waals surface area contributed by atoms with E-state index in [1.54, 1.807) is 0 Å². The van der Waals surface area contributed by atoms with Crippen LogP contribution in [0.5, 0.6) is 0 Å². The number of nitrogens with two attached hydrogens (primary N) is 1. The zero-order valence-electron chi connectivity index (χ0n) is 11.1. The molecule has 2 aromatic rings. The van der Waals surface area contributed by atoms with Gasteiger partial charge in [-0.05, 0) is 23.9 Å². The average Bonchev–Trinajstić information content (AvgIpc) is 2.74. The van der Waals surface area contributed by atoms with Crippen LogP contribution in [0, 0.1) is 0 Å². The molecule has 0 bridgehead atoms. The first-order chi connectivity index (χ1) is 9.49. The second-order valence-electron chi connectivity index (χ2n) is 4.66. The number of carbonyl (C=O) groups excluding carboxylic acids is 1. The fourth-order valence-electron chi connectivity index (χ4n) is 2.10. The number of amides is 1. The Morgan fingerprint density at radius 2 is 2.10 bits per heavy atom. The second kappa shape index (κ2) is 6.02. The highest BCUT2D eigenvalue weighted by Gasteiger charge is 2.18. The lowest BCUT2D eigenvalue weighted by Gasteiger charge is -2.12. The molecule has 0 aliphatic rings. The normalized spacial score (nSPS) is 12.4. The van der Waals surface area contributed by atoms with E-state index in [-0.39, 0.29) is 18.4 Å². The number of rotatable bonds is 6. The van der Waals surface area contributed by atoms with Crippen LogP contribution < -0.4 is 11.1 Å². The van der Waals surface area contributed by atoms with E-state index in [0.29, 0.717) is 11.4 Å². The largest absolute Gasteiger partial charge is 0.477 e. The highest BCUT2D eigenvalue weighted by molar-refractivity contribution is 7.21. The van der Waals surface area contributed by atoms with Crippen molar-refractivity contribution in [3.8, 4) is 0 Å². The third-order valence-corrected chi connectivity index (χ3v) is 4.23. The first-order valence-electron chi connectivity index (χ1n) is 6.24. The van der Waals surface area contributed by atoms with Crippen LogP contribution in [0.2, 0.25) is 0 Å². The Bertz CT molecular complexity index is 651. The number of nitrogens with one attached hydrogen (secondary N) is 1. The predicted molar refractivity (Wildman–Crippen MR) is 78.9 cm³/mol. The number of carboxylic acids is 1. The Labute approximate surface area is 120 Å². The van der Waals surface area contributed by atoms with Crippen molar-refractivity contribution in [1.29, 1.82) is 0 Å². The van der Waals surface area contributed by atoms with Gasteiger partial charge in [-0.25, -0.2) is 4.79 Å². The zero-order chi connectivity index (χ0) is 14.7. The summed E-state index contributed by atoms with van der Waals surface area (Å²) in [6.07, 6.45) is 0.227. The van der Waals surface area contributed by atoms with Crippen molar-refractivity contribution in [2.75, 3.05) is 0 Å². The monoisotopic (exact) mass is 292 g/mol. The van der Waals surface area contributed by atoms with Gasteiger partial charge in [0.05, 0.1) is 0 Å². The molecule has 0 spiro atoms. The van der Waals surface area contributed by atoms with Gasteiger partial charge < -0.3 is 16.2 Å². The van der Waals surface area contributed by atoms with Crippen LogP contribution in [0.25, 0.3) is 10.1 Å². The molecule has 0 aliphatic carbocycles. The van der Waals surface area contributed by atoms with Gasteiger partial charge in [0.1, 0.15) is 4.88 Å². The molecule has 1 unspecified atom stereocenters. The highest BCUT2D eigenvalue weighted by Crippen LogP contribution is 2.31. The molecule has 1 aromatic carbocycles. The van der Waals surface area contributed by atoms with Gasteiger partial charge in [0.15, 0.2) is 0 Å². The molecule has 6 heteroatoms. The lowest BCUT2D eigenvalue weighted by Crippen LogP contribution is -2.30. The van der Waals surface area contributed by atoms with Crippen molar-refractivity contribution in [1.82, 2.24) is 5.32 Å². The third-order valence-electron chi connectivity index (χ3n) is 3.03. The molecule has 0 saturated carbocycles. The number of primary amides is 1. The van der Waals surface area contributed by atoms with Crippen LogP contribution in [0.4, 0.5) is 0 Å². The summed E-state index contributed by atoms with van der Waals surface area (Å²) in [5.41, 5.74) is 5.90. The minimum absolute atomic E-state index is 0.0900. The SMILES string of the molecule is CC(CC(N)=O)NCc1c(C(=O)O)sc2ccccc12. The summed E-state index contributed by atoms with van der Waals surface area (Å²) < 4.78 is 0.948. The first-order valence-corrected chi connectivity index (χ1v) is 7.06. The van der Waals surface area contributed by atoms with Gasteiger partial charge in [-0.1, -0.05) is 18.2 Å². The summed E-state index contributed by atoms with van der Waals surface area (Å²) >= 11 is 1.27. The standard InChI is InChI=1S/C14H16N2O3S/c1-8(6-12(15)17)16-7-10-9-4-2-3-5-11(9)20-13(10)14(18)19/h2-5,8,16H,6-7H2,1H3,(H2,15,17)(H,18,19). The van der Waals surface area contributed by atoms with Gasteiger partial charge in [-0.15, -0.1) is 11.3 Å². The summed E-state index contributed by atoms with van der Waals surface area (Å²) in [5, 5.41) is 13.4. The number of thiophene rings is 1. The van der Waals surface area contributed by atoms with Crippen LogP contribution in [-0.2, 0) is 11.3 Å². The first kappa shape index (κ1) is 14.5. The second-order valence-corrected chi connectivity index (χ2v) is 5.72. The minimum Gasteiger partial charge on any atom is -0.477 e. The number of carbonyl (C=O) groups is 2. The summed E-state index contributed by atoms with van der Waals surface area (Å²) in [6.45, 7) is 2.25. The summed E-state index contributed by atoms with van der Waals surface area (Å²) in [4.78, 5) is 22.5. The van der Waals surface area contributed by atoms with E-state index in [0.717, 1.165) is 15.6 Å². The van der Waals surface area contributed by atoms with Crippen LogP contribution in [-0.4, -0.2) is 23.0 Å². The van der Waals surface area contributed by atoms with Crippen LogP contribution in [0.1, 0.15) is 28.6 Å². The van der Waals surface area contributed by atoms with Crippen molar-refractivity contribution < 1.29 is 14.7 Å². The molecular formula is C14H16N2O3S. The maximum absolute atomic E-state index is 11.3. The molecule has 2 rings (SSSR count). The van der Waals surface area contributed by atoms with Gasteiger partial charge in [0, 0.05) is 23.7 Å². The summed E-state index contributed by atoms with van der Waals surface area (Å²) in [6, 6.07) is 7.50. The molecule has 5 nitrogen and oxygen atoms in total. The van der Waals surface area contributed by atoms with E-state index in [1.165, 1.54) is 11.3 Å². The number of hydrogen-bond donors (Lipinski definition) is 3. The van der Waals surface area contributed by atoms with Gasteiger partial charge in [-0.3, -0.25) is 4.79 Å². The average molecular weight is 292 g/mol. The zero-order valence-corrected chi connectivity index (χ0v) is 11.9. The van der Waals surface area contributed by atoms with E-state index in [2.05, 4.69) is 5.32 Å². The van der Waals surface area contributed by atoms with E-state index in [1.807, 2.05) is 31.2 Å². The molecule has 1 atom stereocenters. The van der Waals surface area contributed by atoms with Crippen LogP contribution in [0.3, 0.4) is 0 Å². The molecule has 0 saturated heterocycles. The number of hydrogen-bond acceptors (Lipinski definition) is 4. The van der Waals surface area contributed by atoms with Gasteiger partial charge in [-0.2, -0.15) is 0 Å². The van der Waals surface area contributed by atoms with E-state index < -0.39 is 5.97 Å². The lowest BCUT2D eigenvalue weighted by atomic mass is 10.1. The maximum Gasteiger partial charge on any atom is 0.346 e. The van der Waals surface area contributed by atoms with E-state index in [9.17, 15) is 14.7 Å². The molecular weight excluding hydrogens is 276 g/mol. The minimum atomic E-state index is -0.925. The summed E-state index contributed by atoms with van der Waals surface area (Å²) in [7, 11) is 0.